The van der Waals surface area contributed by atoms with E-state index >= 15 is 0 Å². The monoisotopic (exact) mass is 802 g/mol. The maximum absolute atomic E-state index is 6.35. The number of aromatic nitrogens is 4. The van der Waals surface area contributed by atoms with Gasteiger partial charge in [0.1, 0.15) is 11.2 Å². The molecule has 5 nitrogen and oxygen atoms in total. The minimum atomic E-state index is -0.472. The van der Waals surface area contributed by atoms with Crippen molar-refractivity contribution in [3.05, 3.63) is 229 Å². The lowest BCUT2D eigenvalue weighted by Crippen LogP contribution is -2.25. The molecule has 0 radical (unpaired) electrons. The molecule has 0 unspecified atom stereocenters. The summed E-state index contributed by atoms with van der Waals surface area (Å²) < 4.78 is 8.82. The maximum Gasteiger partial charge on any atom is 0.166 e. The first kappa shape index (κ1) is 34.3. The van der Waals surface area contributed by atoms with Gasteiger partial charge in [-0.3, -0.25) is 0 Å². The molecule has 0 saturated heterocycles. The molecule has 0 aliphatic heterocycles. The van der Waals surface area contributed by atoms with Crippen molar-refractivity contribution in [2.24, 2.45) is 0 Å². The van der Waals surface area contributed by atoms with E-state index in [-0.39, 0.29) is 0 Å². The van der Waals surface area contributed by atoms with Crippen molar-refractivity contribution >= 4 is 43.7 Å². The average molecular weight is 803 g/mol. The first-order valence-corrected chi connectivity index (χ1v) is 21.5. The summed E-state index contributed by atoms with van der Waals surface area (Å²) in [6.07, 6.45) is 0. The molecule has 2 aliphatic carbocycles. The Morgan fingerprint density at radius 1 is 0.365 bits per heavy atom. The van der Waals surface area contributed by atoms with Crippen molar-refractivity contribution in [3.63, 3.8) is 0 Å². The van der Waals surface area contributed by atoms with Crippen LogP contribution in [0.1, 0.15) is 22.3 Å². The van der Waals surface area contributed by atoms with Crippen LogP contribution < -0.4 is 0 Å². The number of hydrogen-bond acceptors (Lipinski definition) is 4. The Bertz CT molecular complexity index is 3830. The van der Waals surface area contributed by atoms with Gasteiger partial charge in [-0.15, -0.1) is 0 Å². The van der Waals surface area contributed by atoms with E-state index in [1.165, 1.54) is 60.8 Å². The Morgan fingerprint density at radius 3 is 1.70 bits per heavy atom. The summed E-state index contributed by atoms with van der Waals surface area (Å²) in [4.78, 5) is 15.9. The second-order valence-corrected chi connectivity index (χ2v) is 16.6. The predicted octanol–water partition coefficient (Wildman–Crippen LogP) is 14.2. The normalized spacial score (nSPS) is 13.2. The summed E-state index contributed by atoms with van der Waals surface area (Å²) in [6.45, 7) is 0. The summed E-state index contributed by atoms with van der Waals surface area (Å²) in [5.74, 6) is 1.78. The minimum absolute atomic E-state index is 0.472. The van der Waals surface area contributed by atoms with Crippen LogP contribution in [0.15, 0.2) is 211 Å². The molecule has 0 fully saturated rings. The summed E-state index contributed by atoms with van der Waals surface area (Å²) in [7, 11) is 0. The van der Waals surface area contributed by atoms with E-state index in [0.29, 0.717) is 17.5 Å². The number of benzene rings is 9. The molecule has 0 amide bonds. The highest BCUT2D eigenvalue weighted by atomic mass is 16.3. The second-order valence-electron chi connectivity index (χ2n) is 16.6. The number of fused-ring (bicyclic) bond motifs is 17. The summed E-state index contributed by atoms with van der Waals surface area (Å²) in [6, 6.07) is 73.7. The average Bonchev–Trinajstić information content (AvgIpc) is 4.08. The number of para-hydroxylation sites is 3. The van der Waals surface area contributed by atoms with Crippen LogP contribution in [0, 0.1) is 0 Å². The zero-order chi connectivity index (χ0) is 41.2. The zero-order valence-electron chi connectivity index (χ0n) is 33.8. The highest BCUT2D eigenvalue weighted by Crippen LogP contribution is 2.64. The van der Waals surface area contributed by atoms with E-state index in [1.807, 2.05) is 48.5 Å². The molecule has 0 saturated carbocycles. The summed E-state index contributed by atoms with van der Waals surface area (Å²) >= 11 is 0. The van der Waals surface area contributed by atoms with E-state index in [9.17, 15) is 0 Å². The van der Waals surface area contributed by atoms with Gasteiger partial charge in [0.25, 0.3) is 0 Å². The third-order valence-corrected chi connectivity index (χ3v) is 13.5. The fourth-order valence-corrected chi connectivity index (χ4v) is 11.0. The number of rotatable bonds is 4. The maximum atomic E-state index is 6.35. The lowest BCUT2D eigenvalue weighted by atomic mass is 9.70. The molecule has 0 atom stereocenters. The fourth-order valence-electron chi connectivity index (χ4n) is 11.0. The van der Waals surface area contributed by atoms with E-state index in [2.05, 4.69) is 162 Å². The molecular weight excluding hydrogens is 769 g/mol. The first-order chi connectivity index (χ1) is 31.3. The van der Waals surface area contributed by atoms with Crippen molar-refractivity contribution in [2.75, 3.05) is 0 Å². The van der Waals surface area contributed by atoms with Crippen molar-refractivity contribution in [1.29, 1.82) is 0 Å². The molecule has 14 rings (SSSR count). The Morgan fingerprint density at radius 2 is 0.921 bits per heavy atom. The van der Waals surface area contributed by atoms with Crippen molar-refractivity contribution in [3.8, 4) is 62.1 Å². The van der Waals surface area contributed by atoms with Gasteiger partial charge in [0.05, 0.1) is 22.1 Å². The van der Waals surface area contributed by atoms with Gasteiger partial charge < -0.3 is 8.98 Å². The highest BCUT2D eigenvalue weighted by Gasteiger charge is 2.52. The molecule has 0 bridgehead atoms. The third-order valence-electron chi connectivity index (χ3n) is 13.5. The summed E-state index contributed by atoms with van der Waals surface area (Å²) in [5, 5.41) is 4.40. The topological polar surface area (TPSA) is 56.7 Å². The minimum Gasteiger partial charge on any atom is -0.456 e. The SMILES string of the molecule is c1ccc(-c2nc(-c3ccccc3-n3c4ccccc4c4ccc5c(c43)-c3ccccc3C53c4ccccc4-c4ccccc43)nc(-c3cccc4oc5ccccc5c34)n2)cc1. The molecular formula is C58H34N4O. The van der Waals surface area contributed by atoms with E-state index in [4.69, 9.17) is 19.4 Å². The fraction of sp³-hybridized carbons (Fsp3) is 0.0172. The van der Waals surface area contributed by atoms with Crippen molar-refractivity contribution in [1.82, 2.24) is 19.5 Å². The van der Waals surface area contributed by atoms with Crippen LogP contribution in [0.3, 0.4) is 0 Å². The lowest BCUT2D eigenvalue weighted by Gasteiger charge is -2.30. The molecule has 2 aliphatic rings. The predicted molar refractivity (Wildman–Crippen MR) is 254 cm³/mol. The van der Waals surface area contributed by atoms with Crippen LogP contribution in [-0.4, -0.2) is 19.5 Å². The Hall–Kier alpha value is -8.41. The molecule has 0 N–H and O–H groups in total. The smallest absolute Gasteiger partial charge is 0.166 e. The molecule has 3 aromatic heterocycles. The number of furan rings is 1. The van der Waals surface area contributed by atoms with Crippen molar-refractivity contribution in [2.45, 2.75) is 5.41 Å². The molecule has 292 valence electrons. The summed E-state index contributed by atoms with van der Waals surface area (Å²) in [5.41, 5.74) is 17.5. The van der Waals surface area contributed by atoms with Gasteiger partial charge in [0.15, 0.2) is 17.5 Å². The van der Waals surface area contributed by atoms with Crippen LogP contribution in [0.5, 0.6) is 0 Å². The van der Waals surface area contributed by atoms with Gasteiger partial charge in [-0.25, -0.2) is 15.0 Å². The third kappa shape index (κ3) is 4.57. The van der Waals surface area contributed by atoms with Gasteiger partial charge in [-0.1, -0.05) is 176 Å². The van der Waals surface area contributed by atoms with Crippen molar-refractivity contribution < 1.29 is 4.42 Å². The lowest BCUT2D eigenvalue weighted by molar-refractivity contribution is 0.669. The molecule has 9 aromatic carbocycles. The largest absolute Gasteiger partial charge is 0.456 e. The van der Waals surface area contributed by atoms with E-state index in [0.717, 1.165) is 49.8 Å². The highest BCUT2D eigenvalue weighted by molar-refractivity contribution is 6.17. The second kappa shape index (κ2) is 12.8. The Labute approximate surface area is 362 Å². The molecule has 63 heavy (non-hydrogen) atoms. The molecule has 12 aromatic rings. The van der Waals surface area contributed by atoms with E-state index < -0.39 is 5.41 Å². The standard InChI is InChI=1S/C58H34N4O/c1-2-17-35(18-3-1)55-59-56(61-57(60-55)43-25-16-32-51-52(43)42-24-9-15-31-50(42)63-51)41-23-8-14-30-49(41)62-48-29-13-7-21-38(48)39-33-34-47-53(54(39)62)40-22-6-12-28-46(40)58(47)44-26-10-4-19-36(44)37-20-5-11-27-45(37)58/h1-34H. The van der Waals surface area contributed by atoms with Crippen LogP contribution in [0.25, 0.3) is 106 Å². The van der Waals surface area contributed by atoms with Gasteiger partial charge in [0.2, 0.25) is 0 Å². The zero-order valence-corrected chi connectivity index (χ0v) is 33.8. The van der Waals surface area contributed by atoms with Crippen LogP contribution in [0.4, 0.5) is 0 Å². The van der Waals surface area contributed by atoms with Gasteiger partial charge in [-0.05, 0) is 69.3 Å². The van der Waals surface area contributed by atoms with E-state index in [1.54, 1.807) is 0 Å². The number of nitrogens with zero attached hydrogens (tertiary/aromatic N) is 4. The van der Waals surface area contributed by atoms with Crippen LogP contribution in [0.2, 0.25) is 0 Å². The van der Waals surface area contributed by atoms with Gasteiger partial charge in [-0.2, -0.15) is 0 Å². The quantitative estimate of drug-likeness (QED) is 0.178. The van der Waals surface area contributed by atoms with Gasteiger partial charge >= 0.3 is 0 Å². The Balaban J connectivity index is 1.08. The molecule has 1 spiro atoms. The molecule has 5 heteroatoms. The molecule has 3 heterocycles. The first-order valence-electron chi connectivity index (χ1n) is 21.5. The Kier molecular flexibility index (Phi) is 6.97. The van der Waals surface area contributed by atoms with Crippen LogP contribution >= 0.6 is 0 Å². The van der Waals surface area contributed by atoms with Gasteiger partial charge in [0, 0.05) is 43.8 Å². The van der Waals surface area contributed by atoms with Crippen LogP contribution in [-0.2, 0) is 5.41 Å². The number of hydrogen-bond donors (Lipinski definition) is 0.